The second-order valence-corrected chi connectivity index (χ2v) is 6.01. The minimum atomic E-state index is -0.205. The molecule has 1 aliphatic rings. The summed E-state index contributed by atoms with van der Waals surface area (Å²) in [5, 5.41) is 0. The Morgan fingerprint density at radius 3 is 3.05 bits per heavy atom. The number of benzene rings is 1. The van der Waals surface area contributed by atoms with E-state index in [1.165, 1.54) is 6.07 Å². The van der Waals surface area contributed by atoms with Gasteiger partial charge in [-0.1, -0.05) is 0 Å². The lowest BCUT2D eigenvalue weighted by Gasteiger charge is -2.13. The van der Waals surface area contributed by atoms with Crippen LogP contribution in [0.2, 0.25) is 0 Å². The summed E-state index contributed by atoms with van der Waals surface area (Å²) in [5.74, 6) is 1.25. The highest BCUT2D eigenvalue weighted by Crippen LogP contribution is 2.23. The van der Waals surface area contributed by atoms with Crippen LogP contribution in [0.5, 0.6) is 0 Å². The molecule has 114 valence electrons. The lowest BCUT2D eigenvalue weighted by molar-refractivity contribution is 0.100. The van der Waals surface area contributed by atoms with Crippen molar-refractivity contribution in [3.63, 3.8) is 0 Å². The Hall–Kier alpha value is -1.13. The van der Waals surface area contributed by atoms with Gasteiger partial charge in [0.05, 0.1) is 17.1 Å². The SMILES string of the molecule is Cc1cc2c(cc1F)nc(CCCl)n2CCC1CCCO1. The van der Waals surface area contributed by atoms with E-state index < -0.39 is 0 Å². The molecule has 1 saturated heterocycles. The monoisotopic (exact) mass is 310 g/mol. The second kappa shape index (κ2) is 6.32. The molecule has 1 aromatic carbocycles. The summed E-state index contributed by atoms with van der Waals surface area (Å²) < 4.78 is 21.6. The van der Waals surface area contributed by atoms with Crippen LogP contribution in [0.15, 0.2) is 12.1 Å². The number of halogens is 2. The topological polar surface area (TPSA) is 27.1 Å². The summed E-state index contributed by atoms with van der Waals surface area (Å²) in [6.07, 6.45) is 4.28. The van der Waals surface area contributed by atoms with Crippen LogP contribution in [-0.4, -0.2) is 28.1 Å². The number of alkyl halides is 1. The highest BCUT2D eigenvalue weighted by Gasteiger charge is 2.18. The van der Waals surface area contributed by atoms with Gasteiger partial charge in [0.15, 0.2) is 0 Å². The van der Waals surface area contributed by atoms with E-state index in [1.807, 2.05) is 6.07 Å². The van der Waals surface area contributed by atoms with Crippen molar-refractivity contribution >= 4 is 22.6 Å². The summed E-state index contributed by atoms with van der Waals surface area (Å²) in [6, 6.07) is 3.40. The smallest absolute Gasteiger partial charge is 0.128 e. The van der Waals surface area contributed by atoms with Crippen LogP contribution in [0.25, 0.3) is 11.0 Å². The molecule has 0 saturated carbocycles. The van der Waals surface area contributed by atoms with E-state index in [-0.39, 0.29) is 5.82 Å². The van der Waals surface area contributed by atoms with E-state index in [9.17, 15) is 4.39 Å². The fourth-order valence-corrected chi connectivity index (χ4v) is 3.14. The van der Waals surface area contributed by atoms with E-state index in [4.69, 9.17) is 16.3 Å². The molecule has 0 N–H and O–H groups in total. The summed E-state index contributed by atoms with van der Waals surface area (Å²) in [5.41, 5.74) is 2.36. The zero-order valence-corrected chi connectivity index (χ0v) is 13.0. The maximum atomic E-state index is 13.7. The molecule has 1 atom stereocenters. The maximum Gasteiger partial charge on any atom is 0.128 e. The lowest BCUT2D eigenvalue weighted by atomic mass is 10.1. The van der Waals surface area contributed by atoms with Crippen LogP contribution < -0.4 is 0 Å². The minimum Gasteiger partial charge on any atom is -0.378 e. The standard InChI is InChI=1S/C16H20ClFN2O/c1-11-9-15-14(10-13(11)18)19-16(4-6-17)20(15)7-5-12-3-2-8-21-12/h9-10,12H,2-8H2,1H3. The number of nitrogens with zero attached hydrogens (tertiary/aromatic N) is 2. The number of aryl methyl sites for hydroxylation is 3. The molecule has 1 unspecified atom stereocenters. The molecule has 0 amide bonds. The molecular formula is C16H20ClFN2O. The molecule has 1 aromatic heterocycles. The van der Waals surface area contributed by atoms with Gasteiger partial charge in [0.2, 0.25) is 0 Å². The highest BCUT2D eigenvalue weighted by atomic mass is 35.5. The Kier molecular flexibility index (Phi) is 4.45. The van der Waals surface area contributed by atoms with E-state index >= 15 is 0 Å². The Balaban J connectivity index is 1.92. The highest BCUT2D eigenvalue weighted by molar-refractivity contribution is 6.17. The van der Waals surface area contributed by atoms with Crippen molar-refractivity contribution in [3.8, 4) is 0 Å². The Morgan fingerprint density at radius 2 is 2.33 bits per heavy atom. The van der Waals surface area contributed by atoms with Crippen LogP contribution in [0.3, 0.4) is 0 Å². The number of hydrogen-bond donors (Lipinski definition) is 0. The number of ether oxygens (including phenoxy) is 1. The lowest BCUT2D eigenvalue weighted by Crippen LogP contribution is -2.12. The molecule has 0 aliphatic carbocycles. The minimum absolute atomic E-state index is 0.205. The van der Waals surface area contributed by atoms with Gasteiger partial charge in [-0.3, -0.25) is 0 Å². The maximum absolute atomic E-state index is 13.7. The number of imidazole rings is 1. The molecular weight excluding hydrogens is 291 g/mol. The quantitative estimate of drug-likeness (QED) is 0.785. The van der Waals surface area contributed by atoms with Gasteiger partial charge in [-0.2, -0.15) is 0 Å². The number of hydrogen-bond acceptors (Lipinski definition) is 2. The van der Waals surface area contributed by atoms with Crippen LogP contribution in [-0.2, 0) is 17.7 Å². The van der Waals surface area contributed by atoms with E-state index in [2.05, 4.69) is 9.55 Å². The molecule has 1 fully saturated rings. The Bertz CT molecular complexity index is 635. The molecule has 1 aliphatic heterocycles. The third kappa shape index (κ3) is 3.06. The molecule has 3 nitrogen and oxygen atoms in total. The first-order valence-electron chi connectivity index (χ1n) is 7.52. The van der Waals surface area contributed by atoms with Crippen molar-refractivity contribution in [2.75, 3.05) is 12.5 Å². The zero-order valence-electron chi connectivity index (χ0n) is 12.2. The largest absolute Gasteiger partial charge is 0.378 e. The van der Waals surface area contributed by atoms with Crippen LogP contribution in [0, 0.1) is 12.7 Å². The fraction of sp³-hybridized carbons (Fsp3) is 0.562. The fourth-order valence-electron chi connectivity index (χ4n) is 2.97. The van der Waals surface area contributed by atoms with Crippen molar-refractivity contribution in [1.82, 2.24) is 9.55 Å². The predicted octanol–water partition coefficient (Wildman–Crippen LogP) is 3.83. The number of fused-ring (bicyclic) bond motifs is 1. The number of aromatic nitrogens is 2. The summed E-state index contributed by atoms with van der Waals surface area (Å²) in [4.78, 5) is 4.55. The Morgan fingerprint density at radius 1 is 1.48 bits per heavy atom. The molecule has 21 heavy (non-hydrogen) atoms. The van der Waals surface area contributed by atoms with E-state index in [0.29, 0.717) is 29.5 Å². The van der Waals surface area contributed by atoms with E-state index in [1.54, 1.807) is 6.92 Å². The first-order valence-corrected chi connectivity index (χ1v) is 8.05. The molecule has 5 heteroatoms. The van der Waals surface area contributed by atoms with Crippen LogP contribution >= 0.6 is 11.6 Å². The van der Waals surface area contributed by atoms with Gasteiger partial charge in [-0.15, -0.1) is 11.6 Å². The predicted molar refractivity (Wildman–Crippen MR) is 82.4 cm³/mol. The van der Waals surface area contributed by atoms with E-state index in [0.717, 1.165) is 43.8 Å². The van der Waals surface area contributed by atoms with Gasteiger partial charge in [0.25, 0.3) is 0 Å². The third-order valence-corrected chi connectivity index (χ3v) is 4.31. The average Bonchev–Trinajstić information content (AvgIpc) is 3.06. The summed E-state index contributed by atoms with van der Waals surface area (Å²) in [7, 11) is 0. The first kappa shape index (κ1) is 14.8. The van der Waals surface area contributed by atoms with Gasteiger partial charge in [0, 0.05) is 31.5 Å². The molecule has 0 radical (unpaired) electrons. The molecule has 3 rings (SSSR count). The summed E-state index contributed by atoms with van der Waals surface area (Å²) in [6.45, 7) is 3.50. The van der Waals surface area contributed by atoms with Crippen molar-refractivity contribution in [2.24, 2.45) is 0 Å². The molecule has 0 bridgehead atoms. The average molecular weight is 311 g/mol. The third-order valence-electron chi connectivity index (χ3n) is 4.12. The van der Waals surface area contributed by atoms with Crippen molar-refractivity contribution in [2.45, 2.75) is 45.3 Å². The molecule has 2 heterocycles. The van der Waals surface area contributed by atoms with Gasteiger partial charge in [-0.05, 0) is 37.8 Å². The molecule has 2 aromatic rings. The summed E-state index contributed by atoms with van der Waals surface area (Å²) >= 11 is 5.87. The zero-order chi connectivity index (χ0) is 14.8. The van der Waals surface area contributed by atoms with Gasteiger partial charge in [-0.25, -0.2) is 9.37 Å². The first-order chi connectivity index (χ1) is 10.2. The van der Waals surface area contributed by atoms with Crippen LogP contribution in [0.1, 0.15) is 30.7 Å². The number of rotatable bonds is 5. The van der Waals surface area contributed by atoms with Crippen molar-refractivity contribution in [1.29, 1.82) is 0 Å². The van der Waals surface area contributed by atoms with Gasteiger partial charge in [0.1, 0.15) is 11.6 Å². The van der Waals surface area contributed by atoms with Crippen LogP contribution in [0.4, 0.5) is 4.39 Å². The van der Waals surface area contributed by atoms with Gasteiger partial charge >= 0.3 is 0 Å². The normalized spacial score (nSPS) is 18.7. The van der Waals surface area contributed by atoms with Crippen molar-refractivity contribution in [3.05, 3.63) is 29.3 Å². The van der Waals surface area contributed by atoms with Gasteiger partial charge < -0.3 is 9.30 Å². The molecule has 0 spiro atoms. The second-order valence-electron chi connectivity index (χ2n) is 5.63. The Labute approximate surface area is 129 Å². The van der Waals surface area contributed by atoms with Crippen molar-refractivity contribution < 1.29 is 9.13 Å².